The van der Waals surface area contributed by atoms with Gasteiger partial charge in [0.2, 0.25) is 0 Å². The van der Waals surface area contributed by atoms with Crippen molar-refractivity contribution in [2.24, 2.45) is 11.7 Å². The highest BCUT2D eigenvalue weighted by Gasteiger charge is 2.47. The molecule has 118 valence electrons. The van der Waals surface area contributed by atoms with Crippen molar-refractivity contribution < 1.29 is 21.6 Å². The first kappa shape index (κ1) is 16.1. The lowest BCUT2D eigenvalue weighted by Crippen LogP contribution is -2.30. The fraction of sp³-hybridized carbons (Fsp3) is 0.538. The maximum absolute atomic E-state index is 12.7. The third-order valence-electron chi connectivity index (χ3n) is 3.75. The Morgan fingerprint density at radius 1 is 1.24 bits per heavy atom. The van der Waals surface area contributed by atoms with E-state index in [2.05, 4.69) is 5.32 Å². The smallest absolute Gasteiger partial charge is 0.384 e. The molecule has 1 fully saturated rings. The molecule has 0 bridgehead atoms. The lowest BCUT2D eigenvalue weighted by Gasteiger charge is -2.19. The van der Waals surface area contributed by atoms with E-state index in [0.717, 1.165) is 25.3 Å². The first-order valence-electron chi connectivity index (χ1n) is 6.63. The monoisotopic (exact) mass is 322 g/mol. The summed E-state index contributed by atoms with van der Waals surface area (Å²) in [5, 5.41) is 2.80. The molecule has 2 rings (SSSR count). The van der Waals surface area contributed by atoms with Crippen molar-refractivity contribution in [1.82, 2.24) is 0 Å². The van der Waals surface area contributed by atoms with Gasteiger partial charge in [0.05, 0.1) is 10.6 Å². The van der Waals surface area contributed by atoms with Gasteiger partial charge in [-0.3, -0.25) is 0 Å². The molecule has 1 aromatic rings. The van der Waals surface area contributed by atoms with Gasteiger partial charge in [-0.25, -0.2) is 8.42 Å². The van der Waals surface area contributed by atoms with Crippen LogP contribution in [-0.2, 0) is 9.84 Å². The van der Waals surface area contributed by atoms with Gasteiger partial charge >= 0.3 is 5.51 Å². The normalized spacial score (nSPS) is 23.2. The van der Waals surface area contributed by atoms with Crippen LogP contribution in [0.2, 0.25) is 0 Å². The molecule has 0 aromatic heterocycles. The third kappa shape index (κ3) is 3.32. The highest BCUT2D eigenvalue weighted by molar-refractivity contribution is 7.92. The molecule has 21 heavy (non-hydrogen) atoms. The van der Waals surface area contributed by atoms with Crippen LogP contribution in [0.15, 0.2) is 29.2 Å². The molecule has 0 saturated heterocycles. The van der Waals surface area contributed by atoms with E-state index in [1.807, 2.05) is 0 Å². The van der Waals surface area contributed by atoms with Crippen LogP contribution in [0.1, 0.15) is 19.3 Å². The molecule has 1 aromatic carbocycles. The van der Waals surface area contributed by atoms with Crippen molar-refractivity contribution in [2.45, 2.75) is 35.7 Å². The minimum absolute atomic E-state index is 0.00360. The summed E-state index contributed by atoms with van der Waals surface area (Å²) in [5.74, 6) is 0.145. The summed E-state index contributed by atoms with van der Waals surface area (Å²) in [6.07, 6.45) is 2.76. The van der Waals surface area contributed by atoms with Crippen molar-refractivity contribution in [3.63, 3.8) is 0 Å². The number of anilines is 1. The van der Waals surface area contributed by atoms with Gasteiger partial charge in [-0.2, -0.15) is 13.2 Å². The van der Waals surface area contributed by atoms with Crippen molar-refractivity contribution in [3.05, 3.63) is 24.3 Å². The molecule has 1 aliphatic rings. The van der Waals surface area contributed by atoms with Crippen molar-refractivity contribution in [3.8, 4) is 0 Å². The van der Waals surface area contributed by atoms with Gasteiger partial charge in [-0.05, 0) is 30.9 Å². The third-order valence-corrected chi connectivity index (χ3v) is 5.30. The number of hydrogen-bond acceptors (Lipinski definition) is 4. The molecule has 0 aliphatic heterocycles. The molecule has 2 atom stereocenters. The van der Waals surface area contributed by atoms with E-state index in [1.54, 1.807) is 0 Å². The molecule has 0 radical (unpaired) electrons. The number of benzene rings is 1. The number of nitrogens with two attached hydrogens (primary N) is 1. The number of nitrogens with one attached hydrogen (secondary N) is 1. The summed E-state index contributed by atoms with van der Waals surface area (Å²) in [6, 6.07) is 5.06. The van der Waals surface area contributed by atoms with E-state index in [1.165, 1.54) is 18.2 Å². The topological polar surface area (TPSA) is 72.2 Å². The van der Waals surface area contributed by atoms with Crippen molar-refractivity contribution in [2.75, 3.05) is 11.9 Å². The number of hydrogen-bond donors (Lipinski definition) is 2. The first-order chi connectivity index (χ1) is 9.73. The van der Waals surface area contributed by atoms with Gasteiger partial charge in [-0.15, -0.1) is 0 Å². The zero-order valence-electron chi connectivity index (χ0n) is 11.2. The highest BCUT2D eigenvalue weighted by atomic mass is 32.2. The molecule has 3 N–H and O–H groups in total. The summed E-state index contributed by atoms with van der Waals surface area (Å²) in [5.41, 5.74) is 0.554. The van der Waals surface area contributed by atoms with E-state index < -0.39 is 20.2 Å². The Labute approximate surface area is 121 Å². The van der Waals surface area contributed by atoms with Crippen molar-refractivity contribution >= 4 is 15.5 Å². The Morgan fingerprint density at radius 3 is 2.48 bits per heavy atom. The van der Waals surface area contributed by atoms with Crippen LogP contribution in [0.5, 0.6) is 0 Å². The molecule has 2 unspecified atom stereocenters. The van der Waals surface area contributed by atoms with Gasteiger partial charge in [-0.1, -0.05) is 18.6 Å². The molecular weight excluding hydrogens is 305 g/mol. The predicted molar refractivity (Wildman–Crippen MR) is 73.5 cm³/mol. The number of alkyl halides is 3. The minimum atomic E-state index is -5.36. The number of halogens is 3. The van der Waals surface area contributed by atoms with E-state index in [-0.39, 0.29) is 17.6 Å². The Morgan fingerprint density at radius 2 is 1.90 bits per heavy atom. The lowest BCUT2D eigenvalue weighted by atomic mass is 10.0. The maximum atomic E-state index is 12.7. The van der Waals surface area contributed by atoms with Crippen LogP contribution in [0.25, 0.3) is 0 Å². The molecule has 1 aliphatic carbocycles. The second-order valence-corrected chi connectivity index (χ2v) is 7.09. The van der Waals surface area contributed by atoms with Crippen LogP contribution in [0, 0.1) is 5.92 Å². The lowest BCUT2D eigenvalue weighted by molar-refractivity contribution is -0.0435. The zero-order valence-corrected chi connectivity index (χ0v) is 12.0. The Bertz CT molecular complexity index is 602. The summed E-state index contributed by atoms with van der Waals surface area (Å²) >= 11 is 0. The molecule has 1 saturated carbocycles. The van der Waals surface area contributed by atoms with Crippen LogP contribution in [0.3, 0.4) is 0 Å². The Kier molecular flexibility index (Phi) is 4.48. The zero-order chi connectivity index (χ0) is 15.7. The second kappa shape index (κ2) is 5.84. The summed E-state index contributed by atoms with van der Waals surface area (Å²) in [7, 11) is -5.36. The summed E-state index contributed by atoms with van der Waals surface area (Å²) in [6.45, 7) is 0.367. The summed E-state index contributed by atoms with van der Waals surface area (Å²) in [4.78, 5) is -0.746. The fourth-order valence-electron chi connectivity index (χ4n) is 2.53. The van der Waals surface area contributed by atoms with E-state index >= 15 is 0 Å². The molecule has 0 spiro atoms. The van der Waals surface area contributed by atoms with Crippen LogP contribution >= 0.6 is 0 Å². The first-order valence-corrected chi connectivity index (χ1v) is 8.11. The number of sulfone groups is 1. The predicted octanol–water partition coefficient (Wildman–Crippen LogP) is 2.52. The average Bonchev–Trinajstić information content (AvgIpc) is 2.81. The van der Waals surface area contributed by atoms with E-state index in [4.69, 9.17) is 5.73 Å². The quantitative estimate of drug-likeness (QED) is 0.893. The number of rotatable bonds is 4. The largest absolute Gasteiger partial charge is 0.501 e. The van der Waals surface area contributed by atoms with Gasteiger partial charge in [0.15, 0.2) is 0 Å². The maximum Gasteiger partial charge on any atom is 0.501 e. The fourth-order valence-corrected chi connectivity index (χ4v) is 3.47. The van der Waals surface area contributed by atoms with Crippen LogP contribution in [0.4, 0.5) is 18.9 Å². The SMILES string of the molecule is NC1CCCC1CNc1ccccc1S(=O)(=O)C(F)(F)F. The van der Waals surface area contributed by atoms with Crippen LogP contribution in [-0.4, -0.2) is 26.5 Å². The summed E-state index contributed by atoms with van der Waals surface area (Å²) < 4.78 is 61.1. The van der Waals surface area contributed by atoms with Crippen molar-refractivity contribution in [1.29, 1.82) is 0 Å². The molecule has 0 amide bonds. The minimum Gasteiger partial charge on any atom is -0.384 e. The Balaban J connectivity index is 2.22. The molecule has 4 nitrogen and oxygen atoms in total. The molecule has 0 heterocycles. The standard InChI is InChI=1S/C13H17F3N2O2S/c14-13(15,16)21(19,20)12-7-2-1-6-11(12)18-8-9-4-3-5-10(9)17/h1-2,6-7,9-10,18H,3-5,8,17H2. The Hall–Kier alpha value is -1.28. The van der Waals surface area contributed by atoms with Gasteiger partial charge in [0.1, 0.15) is 0 Å². The van der Waals surface area contributed by atoms with Gasteiger partial charge < -0.3 is 11.1 Å². The van der Waals surface area contributed by atoms with Gasteiger partial charge in [0, 0.05) is 12.6 Å². The van der Waals surface area contributed by atoms with E-state index in [0.29, 0.717) is 6.54 Å². The van der Waals surface area contributed by atoms with E-state index in [9.17, 15) is 21.6 Å². The average molecular weight is 322 g/mol. The molecule has 8 heteroatoms. The number of para-hydroxylation sites is 1. The second-order valence-electron chi connectivity index (χ2n) is 5.18. The van der Waals surface area contributed by atoms with Gasteiger partial charge in [0.25, 0.3) is 9.84 Å². The van der Waals surface area contributed by atoms with Crippen LogP contribution < -0.4 is 11.1 Å². The highest BCUT2D eigenvalue weighted by Crippen LogP contribution is 2.34. The molecular formula is C13H17F3N2O2S.